The lowest BCUT2D eigenvalue weighted by atomic mass is 9.96. The van der Waals surface area contributed by atoms with Crippen LogP contribution in [-0.4, -0.2) is 34.7 Å². The highest BCUT2D eigenvalue weighted by Crippen LogP contribution is 2.31. The molecule has 1 amide bonds. The number of para-hydroxylation sites is 2. The number of esters is 1. The van der Waals surface area contributed by atoms with Crippen molar-refractivity contribution in [2.24, 2.45) is 0 Å². The molecule has 0 atom stereocenters. The fourth-order valence-corrected chi connectivity index (χ4v) is 4.46. The van der Waals surface area contributed by atoms with Gasteiger partial charge in [-0.25, -0.2) is 9.59 Å². The van der Waals surface area contributed by atoms with Crippen LogP contribution in [-0.2, 0) is 29.0 Å². The lowest BCUT2D eigenvalue weighted by molar-refractivity contribution is -0.118. The van der Waals surface area contributed by atoms with Crippen molar-refractivity contribution in [1.29, 1.82) is 0 Å². The second-order valence-corrected chi connectivity index (χ2v) is 7.77. The van der Waals surface area contributed by atoms with E-state index >= 15 is 0 Å². The van der Waals surface area contributed by atoms with Crippen molar-refractivity contribution >= 4 is 28.6 Å². The predicted molar refractivity (Wildman–Crippen MR) is 120 cm³/mol. The van der Waals surface area contributed by atoms with E-state index in [9.17, 15) is 14.4 Å². The Labute approximate surface area is 180 Å². The van der Waals surface area contributed by atoms with Gasteiger partial charge in [0.2, 0.25) is 5.91 Å². The maximum atomic E-state index is 13.2. The second-order valence-electron chi connectivity index (χ2n) is 7.77. The van der Waals surface area contributed by atoms with E-state index in [1.807, 2.05) is 37.3 Å². The molecule has 1 aromatic heterocycles. The Morgan fingerprint density at radius 2 is 1.71 bits per heavy atom. The summed E-state index contributed by atoms with van der Waals surface area (Å²) in [4.78, 5) is 40.0. The molecule has 0 spiro atoms. The Morgan fingerprint density at radius 3 is 2.39 bits per heavy atom. The quantitative estimate of drug-likeness (QED) is 0.572. The van der Waals surface area contributed by atoms with E-state index in [-0.39, 0.29) is 24.0 Å². The van der Waals surface area contributed by atoms with Crippen LogP contribution in [0.3, 0.4) is 0 Å². The third-order valence-corrected chi connectivity index (χ3v) is 5.88. The molecule has 0 saturated heterocycles. The minimum Gasteiger partial charge on any atom is -0.465 e. The van der Waals surface area contributed by atoms with Crippen molar-refractivity contribution in [2.75, 3.05) is 18.6 Å². The highest BCUT2D eigenvalue weighted by molar-refractivity contribution is 5.98. The van der Waals surface area contributed by atoms with Gasteiger partial charge in [0.25, 0.3) is 0 Å². The number of aromatic nitrogens is 2. The molecule has 31 heavy (non-hydrogen) atoms. The zero-order valence-corrected chi connectivity index (χ0v) is 18.0. The number of carbonyl (C=O) groups excluding carboxylic acids is 2. The minimum absolute atomic E-state index is 0.0535. The molecule has 0 aliphatic carbocycles. The first kappa shape index (κ1) is 20.9. The van der Waals surface area contributed by atoms with Gasteiger partial charge < -0.3 is 9.64 Å². The molecule has 0 bridgehead atoms. The number of imidazole rings is 1. The fourth-order valence-electron chi connectivity index (χ4n) is 4.46. The monoisotopic (exact) mass is 421 g/mol. The smallest absolute Gasteiger partial charge is 0.338 e. The molecule has 0 unspecified atom stereocenters. The number of hydrogen-bond donors (Lipinski definition) is 0. The Balaban J connectivity index is 1.60. The molecular weight excluding hydrogens is 394 g/mol. The number of anilines is 1. The highest BCUT2D eigenvalue weighted by Gasteiger charge is 2.26. The Kier molecular flexibility index (Phi) is 5.93. The normalized spacial score (nSPS) is 13.3. The first-order chi connectivity index (χ1) is 15.1. The molecule has 7 heteroatoms. The molecule has 0 radical (unpaired) electrons. The van der Waals surface area contributed by atoms with Crippen LogP contribution < -0.4 is 10.6 Å². The van der Waals surface area contributed by atoms with Gasteiger partial charge in [0.1, 0.15) is 0 Å². The van der Waals surface area contributed by atoms with Crippen molar-refractivity contribution in [2.45, 2.75) is 45.7 Å². The standard InChI is InChI=1S/C24H27N3O4/c1-3-14-26-20-10-4-5-11-21(20)27(24(26)30)16-13-22(28)25-15-7-9-17-18(23(29)31-2)8-6-12-19(17)25/h4-6,8,10-12H,3,7,9,13-16H2,1-2H3. The fraction of sp³-hybridized carbons (Fsp3) is 0.375. The van der Waals surface area contributed by atoms with E-state index in [4.69, 9.17) is 4.74 Å². The summed E-state index contributed by atoms with van der Waals surface area (Å²) in [7, 11) is 1.36. The first-order valence-corrected chi connectivity index (χ1v) is 10.8. The molecule has 0 saturated carbocycles. The molecule has 162 valence electrons. The van der Waals surface area contributed by atoms with Crippen LogP contribution in [0.5, 0.6) is 0 Å². The second kappa shape index (κ2) is 8.79. The molecule has 2 aromatic carbocycles. The van der Waals surface area contributed by atoms with Gasteiger partial charge in [0, 0.05) is 31.7 Å². The highest BCUT2D eigenvalue weighted by atomic mass is 16.5. The number of amides is 1. The summed E-state index contributed by atoms with van der Waals surface area (Å²) in [6.45, 7) is 3.61. The number of aryl methyl sites for hydroxylation is 2. The lowest BCUT2D eigenvalue weighted by Gasteiger charge is -2.30. The van der Waals surface area contributed by atoms with Gasteiger partial charge in [-0.2, -0.15) is 0 Å². The Hall–Kier alpha value is -3.35. The molecule has 2 heterocycles. The number of hydrogen-bond acceptors (Lipinski definition) is 4. The van der Waals surface area contributed by atoms with Crippen molar-refractivity contribution in [3.8, 4) is 0 Å². The lowest BCUT2D eigenvalue weighted by Crippen LogP contribution is -2.37. The van der Waals surface area contributed by atoms with E-state index in [0.29, 0.717) is 25.2 Å². The molecule has 0 fully saturated rings. The molecule has 1 aliphatic heterocycles. The first-order valence-electron chi connectivity index (χ1n) is 10.8. The summed E-state index contributed by atoms with van der Waals surface area (Å²) in [5.41, 5.74) is 3.79. The van der Waals surface area contributed by atoms with Gasteiger partial charge in [-0.15, -0.1) is 0 Å². The third kappa shape index (κ3) is 3.76. The number of ether oxygens (including phenoxy) is 1. The Morgan fingerprint density at radius 1 is 1.00 bits per heavy atom. The molecule has 4 rings (SSSR count). The minimum atomic E-state index is -0.388. The number of benzene rings is 2. The van der Waals surface area contributed by atoms with Crippen LogP contribution in [0.1, 0.15) is 42.1 Å². The van der Waals surface area contributed by atoms with E-state index in [2.05, 4.69) is 0 Å². The summed E-state index contributed by atoms with van der Waals surface area (Å²) >= 11 is 0. The van der Waals surface area contributed by atoms with Crippen LogP contribution >= 0.6 is 0 Å². The predicted octanol–water partition coefficient (Wildman–Crippen LogP) is 3.37. The summed E-state index contributed by atoms with van der Waals surface area (Å²) in [5.74, 6) is -0.441. The van der Waals surface area contributed by atoms with Crippen LogP contribution in [0.4, 0.5) is 5.69 Å². The summed E-state index contributed by atoms with van der Waals surface area (Å²) in [6, 6.07) is 13.1. The number of rotatable bonds is 6. The van der Waals surface area contributed by atoms with Crippen molar-refractivity contribution in [1.82, 2.24) is 9.13 Å². The van der Waals surface area contributed by atoms with E-state index < -0.39 is 0 Å². The summed E-state index contributed by atoms with van der Waals surface area (Å²) < 4.78 is 8.37. The van der Waals surface area contributed by atoms with Gasteiger partial charge >= 0.3 is 11.7 Å². The van der Waals surface area contributed by atoms with Crippen molar-refractivity contribution in [3.05, 3.63) is 64.1 Å². The largest absolute Gasteiger partial charge is 0.465 e. The molecule has 1 aliphatic rings. The Bertz CT molecular complexity index is 1190. The van der Waals surface area contributed by atoms with Crippen LogP contribution in [0.15, 0.2) is 47.3 Å². The average Bonchev–Trinajstić information content (AvgIpc) is 3.07. The van der Waals surface area contributed by atoms with Crippen LogP contribution in [0.25, 0.3) is 11.0 Å². The number of fused-ring (bicyclic) bond motifs is 2. The summed E-state index contributed by atoms with van der Waals surface area (Å²) in [6.07, 6.45) is 2.58. The van der Waals surface area contributed by atoms with Crippen LogP contribution in [0, 0.1) is 0 Å². The third-order valence-electron chi connectivity index (χ3n) is 5.88. The van der Waals surface area contributed by atoms with Crippen LogP contribution in [0.2, 0.25) is 0 Å². The van der Waals surface area contributed by atoms with Crippen molar-refractivity contribution in [3.63, 3.8) is 0 Å². The van der Waals surface area contributed by atoms with Crippen molar-refractivity contribution < 1.29 is 14.3 Å². The molecule has 3 aromatic rings. The molecule has 0 N–H and O–H groups in total. The van der Waals surface area contributed by atoms with E-state index in [0.717, 1.165) is 41.5 Å². The zero-order chi connectivity index (χ0) is 22.0. The van der Waals surface area contributed by atoms with Gasteiger partial charge in [0.05, 0.1) is 23.7 Å². The topological polar surface area (TPSA) is 73.5 Å². The summed E-state index contributed by atoms with van der Waals surface area (Å²) in [5, 5.41) is 0. The number of carbonyl (C=O) groups is 2. The van der Waals surface area contributed by atoms with Gasteiger partial charge in [-0.05, 0) is 49.1 Å². The average molecular weight is 421 g/mol. The van der Waals surface area contributed by atoms with E-state index in [1.54, 1.807) is 26.2 Å². The zero-order valence-electron chi connectivity index (χ0n) is 18.0. The number of methoxy groups -OCH3 is 1. The molecular formula is C24H27N3O4. The number of nitrogens with zero attached hydrogens (tertiary/aromatic N) is 3. The SMILES string of the molecule is CCCn1c(=O)n(CCC(=O)N2CCCc3c(C(=O)OC)cccc32)c2ccccc21. The van der Waals surface area contributed by atoms with Gasteiger partial charge in [0.15, 0.2) is 0 Å². The maximum Gasteiger partial charge on any atom is 0.338 e. The maximum absolute atomic E-state index is 13.2. The van der Waals surface area contributed by atoms with Gasteiger partial charge in [-0.1, -0.05) is 25.1 Å². The van der Waals surface area contributed by atoms with Gasteiger partial charge in [-0.3, -0.25) is 13.9 Å². The van der Waals surface area contributed by atoms with E-state index in [1.165, 1.54) is 7.11 Å². The molecule has 7 nitrogen and oxygen atoms in total.